The summed E-state index contributed by atoms with van der Waals surface area (Å²) >= 11 is 0. The number of hydrogen-bond donors (Lipinski definition) is 2. The first-order valence-electron chi connectivity index (χ1n) is 6.93. The van der Waals surface area contributed by atoms with Gasteiger partial charge in [0.2, 0.25) is 0 Å². The summed E-state index contributed by atoms with van der Waals surface area (Å²) in [6.45, 7) is 1.70. The van der Waals surface area contributed by atoms with Crippen molar-refractivity contribution in [2.24, 2.45) is 0 Å². The predicted octanol–water partition coefficient (Wildman–Crippen LogP) is 3.65. The molecule has 24 heavy (non-hydrogen) atoms. The van der Waals surface area contributed by atoms with Gasteiger partial charge in [-0.05, 0) is 25.1 Å². The molecule has 1 aromatic carbocycles. The van der Waals surface area contributed by atoms with E-state index >= 15 is 0 Å². The molecule has 0 saturated carbocycles. The molecule has 8 heteroatoms. The van der Waals surface area contributed by atoms with Crippen LogP contribution in [0.2, 0.25) is 0 Å². The summed E-state index contributed by atoms with van der Waals surface area (Å²) in [7, 11) is 0. The number of aromatic nitrogens is 2. The maximum absolute atomic E-state index is 13.7. The molecule has 0 saturated heterocycles. The molecular weight excluding hydrogens is 318 g/mol. The zero-order chi connectivity index (χ0) is 17.1. The Balaban J connectivity index is 1.77. The maximum atomic E-state index is 13.7. The lowest BCUT2D eigenvalue weighted by Gasteiger charge is -2.08. The molecular formula is C16H12F2N4O2. The number of pyridine rings is 1. The van der Waals surface area contributed by atoms with E-state index in [1.165, 1.54) is 24.5 Å². The number of halogens is 2. The van der Waals surface area contributed by atoms with Crippen molar-refractivity contribution in [3.63, 3.8) is 0 Å². The Labute approximate surface area is 135 Å². The van der Waals surface area contributed by atoms with Crippen LogP contribution < -0.4 is 10.6 Å². The smallest absolute Gasteiger partial charge is 0.258 e. The fourth-order valence-electron chi connectivity index (χ4n) is 1.99. The standard InChI is InChI=1S/C16H12F2N4O2/c1-9-4-15(22-24-9)21-16(23)10-5-12(8-19-7-10)20-14-3-2-11(17)6-13(14)18/h2-8,20H,1H3,(H,21,22,23). The molecule has 2 aromatic heterocycles. The highest BCUT2D eigenvalue weighted by atomic mass is 19.1. The first-order valence-corrected chi connectivity index (χ1v) is 6.93. The summed E-state index contributed by atoms with van der Waals surface area (Å²) in [6.07, 6.45) is 2.77. The zero-order valence-corrected chi connectivity index (χ0v) is 12.5. The number of benzene rings is 1. The van der Waals surface area contributed by atoms with E-state index in [0.717, 1.165) is 12.1 Å². The third kappa shape index (κ3) is 3.54. The molecule has 0 aliphatic carbocycles. The zero-order valence-electron chi connectivity index (χ0n) is 12.5. The molecule has 0 radical (unpaired) electrons. The monoisotopic (exact) mass is 330 g/mol. The molecule has 0 aliphatic heterocycles. The molecule has 1 amide bonds. The van der Waals surface area contributed by atoms with E-state index in [4.69, 9.17) is 4.52 Å². The van der Waals surface area contributed by atoms with E-state index in [2.05, 4.69) is 20.8 Å². The van der Waals surface area contributed by atoms with Crippen molar-refractivity contribution >= 4 is 23.1 Å². The largest absolute Gasteiger partial charge is 0.360 e. The number of amides is 1. The lowest BCUT2D eigenvalue weighted by Crippen LogP contribution is -2.12. The highest BCUT2D eigenvalue weighted by molar-refractivity contribution is 6.04. The molecule has 2 N–H and O–H groups in total. The van der Waals surface area contributed by atoms with Gasteiger partial charge in [0, 0.05) is 18.3 Å². The molecule has 0 fully saturated rings. The van der Waals surface area contributed by atoms with Crippen molar-refractivity contribution in [2.75, 3.05) is 10.6 Å². The predicted molar refractivity (Wildman–Crippen MR) is 83.1 cm³/mol. The van der Waals surface area contributed by atoms with Gasteiger partial charge in [-0.2, -0.15) is 0 Å². The van der Waals surface area contributed by atoms with Crippen LogP contribution in [0.3, 0.4) is 0 Å². The summed E-state index contributed by atoms with van der Waals surface area (Å²) in [4.78, 5) is 16.1. The Kier molecular flexibility index (Phi) is 4.19. The third-order valence-corrected chi connectivity index (χ3v) is 3.08. The number of rotatable bonds is 4. The first-order chi connectivity index (χ1) is 11.5. The van der Waals surface area contributed by atoms with Gasteiger partial charge in [0.25, 0.3) is 5.91 Å². The van der Waals surface area contributed by atoms with Crippen LogP contribution in [0.4, 0.5) is 26.0 Å². The van der Waals surface area contributed by atoms with E-state index < -0.39 is 17.5 Å². The van der Waals surface area contributed by atoms with Crippen molar-refractivity contribution in [3.8, 4) is 0 Å². The Morgan fingerprint density at radius 1 is 1.17 bits per heavy atom. The Morgan fingerprint density at radius 2 is 2.00 bits per heavy atom. The van der Waals surface area contributed by atoms with Gasteiger partial charge < -0.3 is 15.2 Å². The van der Waals surface area contributed by atoms with Crippen molar-refractivity contribution in [1.29, 1.82) is 0 Å². The summed E-state index contributed by atoms with van der Waals surface area (Å²) in [5.74, 6) is -1.03. The number of anilines is 3. The van der Waals surface area contributed by atoms with Gasteiger partial charge in [-0.25, -0.2) is 8.78 Å². The average Bonchev–Trinajstić information content (AvgIpc) is 2.95. The van der Waals surface area contributed by atoms with Crippen LogP contribution in [-0.2, 0) is 0 Å². The maximum Gasteiger partial charge on any atom is 0.258 e. The van der Waals surface area contributed by atoms with Crippen LogP contribution in [0.15, 0.2) is 47.2 Å². The minimum atomic E-state index is -0.747. The van der Waals surface area contributed by atoms with Crippen molar-refractivity contribution in [3.05, 3.63) is 65.7 Å². The van der Waals surface area contributed by atoms with Crippen LogP contribution in [-0.4, -0.2) is 16.0 Å². The second-order valence-electron chi connectivity index (χ2n) is 4.99. The fraction of sp³-hybridized carbons (Fsp3) is 0.0625. The number of hydrogen-bond acceptors (Lipinski definition) is 5. The fourth-order valence-corrected chi connectivity index (χ4v) is 1.99. The van der Waals surface area contributed by atoms with Crippen LogP contribution >= 0.6 is 0 Å². The lowest BCUT2D eigenvalue weighted by molar-refractivity contribution is 0.102. The second kappa shape index (κ2) is 6.45. The van der Waals surface area contributed by atoms with Gasteiger partial charge in [0.15, 0.2) is 5.82 Å². The molecule has 0 aliphatic rings. The first kappa shape index (κ1) is 15.6. The van der Waals surface area contributed by atoms with Gasteiger partial charge in [-0.1, -0.05) is 5.16 Å². The van der Waals surface area contributed by atoms with Gasteiger partial charge in [0.05, 0.1) is 23.1 Å². The SMILES string of the molecule is Cc1cc(NC(=O)c2cncc(Nc3ccc(F)cc3F)c2)no1. The minimum absolute atomic E-state index is 0.0721. The Hall–Kier alpha value is -3.29. The molecule has 2 heterocycles. The van der Waals surface area contributed by atoms with Crippen molar-refractivity contribution in [1.82, 2.24) is 10.1 Å². The molecule has 3 rings (SSSR count). The van der Waals surface area contributed by atoms with Gasteiger partial charge in [-0.15, -0.1) is 0 Å². The van der Waals surface area contributed by atoms with E-state index in [9.17, 15) is 13.6 Å². The minimum Gasteiger partial charge on any atom is -0.360 e. The van der Waals surface area contributed by atoms with Crippen molar-refractivity contribution in [2.45, 2.75) is 6.92 Å². The molecule has 0 unspecified atom stereocenters. The molecule has 0 bridgehead atoms. The van der Waals surface area contributed by atoms with E-state index in [1.54, 1.807) is 13.0 Å². The quantitative estimate of drug-likeness (QED) is 0.763. The molecule has 0 spiro atoms. The highest BCUT2D eigenvalue weighted by Crippen LogP contribution is 2.21. The van der Waals surface area contributed by atoms with Gasteiger partial charge >= 0.3 is 0 Å². The van der Waals surface area contributed by atoms with Crippen LogP contribution in [0, 0.1) is 18.6 Å². The summed E-state index contributed by atoms with van der Waals surface area (Å²) in [6, 6.07) is 6.20. The van der Waals surface area contributed by atoms with Gasteiger partial charge in [-0.3, -0.25) is 9.78 Å². The number of nitrogens with one attached hydrogen (secondary N) is 2. The van der Waals surface area contributed by atoms with Gasteiger partial charge in [0.1, 0.15) is 17.4 Å². The van der Waals surface area contributed by atoms with Crippen molar-refractivity contribution < 1.29 is 18.1 Å². The number of carbonyl (C=O) groups is 1. The summed E-state index contributed by atoms with van der Waals surface area (Å²) in [5, 5.41) is 8.96. The normalized spacial score (nSPS) is 10.5. The average molecular weight is 330 g/mol. The van der Waals surface area contributed by atoms with Crippen LogP contribution in [0.25, 0.3) is 0 Å². The van der Waals surface area contributed by atoms with Crippen LogP contribution in [0.1, 0.15) is 16.1 Å². The summed E-state index contributed by atoms with van der Waals surface area (Å²) in [5.41, 5.74) is 0.690. The van der Waals surface area contributed by atoms with Crippen LogP contribution in [0.5, 0.6) is 0 Å². The third-order valence-electron chi connectivity index (χ3n) is 3.08. The highest BCUT2D eigenvalue weighted by Gasteiger charge is 2.11. The molecule has 122 valence electrons. The second-order valence-corrected chi connectivity index (χ2v) is 4.99. The number of aryl methyl sites for hydroxylation is 1. The Morgan fingerprint density at radius 3 is 2.71 bits per heavy atom. The van der Waals surface area contributed by atoms with E-state index in [-0.39, 0.29) is 17.1 Å². The molecule has 0 atom stereocenters. The lowest BCUT2D eigenvalue weighted by atomic mass is 10.2. The Bertz CT molecular complexity index is 895. The number of carbonyl (C=O) groups excluding carboxylic acids is 1. The molecule has 6 nitrogen and oxygen atoms in total. The number of nitrogens with zero attached hydrogens (tertiary/aromatic N) is 2. The summed E-state index contributed by atoms with van der Waals surface area (Å²) < 4.78 is 31.4. The van der Waals surface area contributed by atoms with E-state index in [0.29, 0.717) is 11.4 Å². The van der Waals surface area contributed by atoms with E-state index in [1.807, 2.05) is 0 Å². The topological polar surface area (TPSA) is 80.0 Å². The molecule has 3 aromatic rings.